The van der Waals surface area contributed by atoms with Gasteiger partial charge in [-0.25, -0.2) is 9.78 Å². The van der Waals surface area contributed by atoms with E-state index in [-0.39, 0.29) is 21.6 Å². The molecule has 0 saturated heterocycles. The largest absolute Gasteiger partial charge is 0.462 e. The molecule has 0 spiro atoms. The molecule has 0 fully saturated rings. The monoisotopic (exact) mass is 383 g/mol. The van der Waals surface area contributed by atoms with Crippen LogP contribution in [0.5, 0.6) is 5.19 Å². The first-order valence-electron chi connectivity index (χ1n) is 6.31. The third-order valence-corrected chi connectivity index (χ3v) is 4.36. The normalized spacial score (nSPS) is 10.7. The first-order valence-corrected chi connectivity index (χ1v) is 8.53. The van der Waals surface area contributed by atoms with Crippen molar-refractivity contribution in [3.05, 3.63) is 41.4 Å². The molecular weight excluding hydrogens is 371 g/mol. The van der Waals surface area contributed by atoms with Crippen molar-refractivity contribution in [3.8, 4) is 5.19 Å². The molecule has 2 aromatic rings. The number of ether oxygens (including phenoxy) is 1. The van der Waals surface area contributed by atoms with Crippen molar-refractivity contribution in [1.82, 2.24) is 4.98 Å². The van der Waals surface area contributed by atoms with Gasteiger partial charge in [0.25, 0.3) is 5.19 Å². The molecule has 0 radical (unpaired) electrons. The predicted molar refractivity (Wildman–Crippen MR) is 79.4 cm³/mol. The summed E-state index contributed by atoms with van der Waals surface area (Å²) in [6.07, 6.45) is 1.22. The molecule has 24 heavy (non-hydrogen) atoms. The molecule has 0 aliphatic carbocycles. The SMILES string of the molecule is CCOC(=O)c1cnc(OS(=O)(=O)c2ccccc2)s1.FC(F)F. The molecule has 1 aromatic carbocycles. The number of aromatic nitrogens is 1. The van der Waals surface area contributed by atoms with E-state index in [1.54, 1.807) is 25.1 Å². The Morgan fingerprint density at radius 1 is 1.25 bits per heavy atom. The minimum atomic E-state index is -3.94. The van der Waals surface area contributed by atoms with Crippen molar-refractivity contribution >= 4 is 27.4 Å². The summed E-state index contributed by atoms with van der Waals surface area (Å²) in [7, 11) is -3.94. The number of thiazole rings is 1. The Morgan fingerprint density at radius 3 is 2.38 bits per heavy atom. The fourth-order valence-corrected chi connectivity index (χ4v) is 3.09. The average Bonchev–Trinajstić information content (AvgIpc) is 2.96. The predicted octanol–water partition coefficient (Wildman–Crippen LogP) is 3.27. The van der Waals surface area contributed by atoms with Gasteiger partial charge in [-0.1, -0.05) is 29.5 Å². The highest BCUT2D eigenvalue weighted by Gasteiger charge is 2.20. The maximum atomic E-state index is 11.9. The standard InChI is InChI=1S/C12H11NO5S2.CHF3/c1-2-17-11(14)10-8-13-12(19-10)18-20(15,16)9-6-4-3-5-7-9;2-1(3)4/h3-8H,2H2,1H3;1H. The summed E-state index contributed by atoms with van der Waals surface area (Å²) in [4.78, 5) is 15.4. The van der Waals surface area contributed by atoms with Crippen LogP contribution in [0.25, 0.3) is 0 Å². The number of alkyl halides is 3. The summed E-state index contributed by atoms with van der Waals surface area (Å²) in [6, 6.07) is 7.69. The Hall–Kier alpha value is -2.14. The fourth-order valence-electron chi connectivity index (χ4n) is 1.32. The average molecular weight is 383 g/mol. The van der Waals surface area contributed by atoms with Gasteiger partial charge in [0.15, 0.2) is 0 Å². The van der Waals surface area contributed by atoms with Crippen LogP contribution < -0.4 is 4.18 Å². The van der Waals surface area contributed by atoms with Gasteiger partial charge >= 0.3 is 22.8 Å². The second-order valence-corrected chi connectivity index (χ2v) is 6.35. The third kappa shape index (κ3) is 6.54. The van der Waals surface area contributed by atoms with E-state index in [1.165, 1.54) is 18.3 Å². The molecule has 0 aliphatic heterocycles. The van der Waals surface area contributed by atoms with Crippen LogP contribution in [-0.2, 0) is 14.9 Å². The second-order valence-electron chi connectivity index (χ2n) is 3.81. The lowest BCUT2D eigenvalue weighted by Crippen LogP contribution is -2.09. The molecule has 0 unspecified atom stereocenters. The Kier molecular flexibility index (Phi) is 7.65. The second kappa shape index (κ2) is 9.23. The Morgan fingerprint density at radius 2 is 1.83 bits per heavy atom. The van der Waals surface area contributed by atoms with Gasteiger partial charge in [-0.2, -0.15) is 21.6 Å². The lowest BCUT2D eigenvalue weighted by molar-refractivity contribution is 0.00817. The van der Waals surface area contributed by atoms with Gasteiger partial charge in [0.05, 0.1) is 12.8 Å². The number of benzene rings is 1. The Bertz CT molecular complexity index is 747. The zero-order valence-corrected chi connectivity index (χ0v) is 13.8. The summed E-state index contributed by atoms with van der Waals surface area (Å²) in [5.41, 5.74) is 0. The lowest BCUT2D eigenvalue weighted by Gasteiger charge is -2.02. The smallest absolute Gasteiger partial charge is 0.379 e. The van der Waals surface area contributed by atoms with E-state index in [0.717, 1.165) is 11.3 Å². The van der Waals surface area contributed by atoms with E-state index in [1.807, 2.05) is 0 Å². The van der Waals surface area contributed by atoms with Gasteiger partial charge in [0.2, 0.25) is 0 Å². The molecule has 0 saturated carbocycles. The number of rotatable bonds is 5. The number of hydrogen-bond acceptors (Lipinski definition) is 7. The summed E-state index contributed by atoms with van der Waals surface area (Å²) < 4.78 is 62.5. The van der Waals surface area contributed by atoms with Gasteiger partial charge in [-0.15, -0.1) is 0 Å². The number of carbonyl (C=O) groups excluding carboxylic acids is 1. The summed E-state index contributed by atoms with van der Waals surface area (Å²) >= 11 is 0.815. The van der Waals surface area contributed by atoms with Crippen molar-refractivity contribution in [2.75, 3.05) is 6.61 Å². The fraction of sp³-hybridized carbons (Fsp3) is 0.231. The molecule has 0 amide bonds. The molecule has 0 aliphatic rings. The molecule has 0 atom stereocenters. The van der Waals surface area contributed by atoms with Gasteiger partial charge in [0, 0.05) is 0 Å². The van der Waals surface area contributed by atoms with Crippen molar-refractivity contribution in [1.29, 1.82) is 0 Å². The van der Waals surface area contributed by atoms with Crippen LogP contribution in [0, 0.1) is 0 Å². The zero-order chi connectivity index (χ0) is 18.2. The highest BCUT2D eigenvalue weighted by atomic mass is 32.2. The van der Waals surface area contributed by atoms with Gasteiger partial charge in [-0.05, 0) is 19.1 Å². The van der Waals surface area contributed by atoms with Crippen molar-refractivity contribution < 1.29 is 35.3 Å². The highest BCUT2D eigenvalue weighted by Crippen LogP contribution is 2.24. The first-order chi connectivity index (χ1) is 11.3. The van der Waals surface area contributed by atoms with Crippen molar-refractivity contribution in [3.63, 3.8) is 0 Å². The number of nitrogens with zero attached hydrogens (tertiary/aromatic N) is 1. The maximum absolute atomic E-state index is 11.9. The zero-order valence-electron chi connectivity index (χ0n) is 12.2. The van der Waals surface area contributed by atoms with Crippen LogP contribution in [0.2, 0.25) is 0 Å². The van der Waals surface area contributed by atoms with E-state index in [0.29, 0.717) is 0 Å². The minimum absolute atomic E-state index is 0.0212. The maximum Gasteiger partial charge on any atom is 0.379 e. The number of hydrogen-bond donors (Lipinski definition) is 0. The van der Waals surface area contributed by atoms with Gasteiger partial charge in [0.1, 0.15) is 9.77 Å². The quantitative estimate of drug-likeness (QED) is 0.582. The number of halogens is 3. The molecule has 11 heteroatoms. The van der Waals surface area contributed by atoms with Crippen LogP contribution in [0.3, 0.4) is 0 Å². The van der Waals surface area contributed by atoms with E-state index >= 15 is 0 Å². The topological polar surface area (TPSA) is 82.6 Å². The molecule has 0 N–H and O–H groups in total. The van der Waals surface area contributed by atoms with E-state index in [9.17, 15) is 26.4 Å². The Labute approximate surface area is 140 Å². The van der Waals surface area contributed by atoms with Crippen LogP contribution in [0.15, 0.2) is 41.4 Å². The summed E-state index contributed by atoms with van der Waals surface area (Å²) in [5, 5.41) is -0.128. The Balaban J connectivity index is 0.000000648. The van der Waals surface area contributed by atoms with E-state index < -0.39 is 22.8 Å². The summed E-state index contributed by atoms with van der Waals surface area (Å²) in [5.74, 6) is -0.558. The molecule has 6 nitrogen and oxygen atoms in total. The molecular formula is C13H12F3NO5S2. The van der Waals surface area contributed by atoms with Crippen LogP contribution in [-0.4, -0.2) is 32.7 Å². The first kappa shape index (κ1) is 19.9. The molecule has 1 aromatic heterocycles. The number of carbonyl (C=O) groups is 1. The molecule has 1 heterocycles. The van der Waals surface area contributed by atoms with Crippen LogP contribution in [0.4, 0.5) is 13.2 Å². The third-order valence-electron chi connectivity index (χ3n) is 2.17. The van der Waals surface area contributed by atoms with Crippen LogP contribution >= 0.6 is 11.3 Å². The minimum Gasteiger partial charge on any atom is -0.462 e. The van der Waals surface area contributed by atoms with Gasteiger partial charge < -0.3 is 8.92 Å². The van der Waals surface area contributed by atoms with Crippen LogP contribution in [0.1, 0.15) is 16.6 Å². The van der Waals surface area contributed by atoms with Crippen molar-refractivity contribution in [2.45, 2.75) is 18.5 Å². The van der Waals surface area contributed by atoms with E-state index in [4.69, 9.17) is 8.92 Å². The number of esters is 1. The van der Waals surface area contributed by atoms with Crippen molar-refractivity contribution in [2.24, 2.45) is 0 Å². The molecule has 0 bridgehead atoms. The molecule has 132 valence electrons. The van der Waals surface area contributed by atoms with E-state index in [2.05, 4.69) is 4.98 Å². The summed E-state index contributed by atoms with van der Waals surface area (Å²) in [6.45, 7) is -1.76. The van der Waals surface area contributed by atoms with Gasteiger partial charge in [-0.3, -0.25) is 0 Å². The molecule has 2 rings (SSSR count). The lowest BCUT2D eigenvalue weighted by atomic mass is 10.4. The highest BCUT2D eigenvalue weighted by molar-refractivity contribution is 7.87.